The number of hydrogen-bond acceptors (Lipinski definition) is 4. The molecular weight excluding hydrogens is 420 g/mol. The van der Waals surface area contributed by atoms with E-state index >= 15 is 0 Å². The van der Waals surface area contributed by atoms with E-state index in [9.17, 15) is 9.90 Å². The standard InChI is InChI=1S/C19H14BrClN2O3/c20-16-9-13(21)6-8-18(16)26-11-19(25)23-22-10-15-14-4-2-1-3-12(14)5-7-17(15)24/h1-10,24H,11H2,(H,23,25)/b22-10+. The summed E-state index contributed by atoms with van der Waals surface area (Å²) in [5.74, 6) is 0.158. The molecule has 0 saturated heterocycles. The van der Waals surface area contributed by atoms with Crippen LogP contribution in [0.3, 0.4) is 0 Å². The number of phenols is 1. The van der Waals surface area contributed by atoms with Crippen molar-refractivity contribution in [2.45, 2.75) is 0 Å². The number of phenolic OH excluding ortho intramolecular Hbond substituents is 1. The fraction of sp³-hybridized carbons (Fsp3) is 0.0526. The van der Waals surface area contributed by atoms with Crippen LogP contribution < -0.4 is 10.2 Å². The molecule has 0 spiro atoms. The molecule has 132 valence electrons. The lowest BCUT2D eigenvalue weighted by molar-refractivity contribution is -0.123. The van der Waals surface area contributed by atoms with Crippen molar-refractivity contribution in [3.05, 3.63) is 69.7 Å². The molecular formula is C19H14BrClN2O3. The number of benzene rings is 3. The van der Waals surface area contributed by atoms with Crippen molar-refractivity contribution in [1.82, 2.24) is 5.43 Å². The molecule has 0 saturated carbocycles. The Bertz CT molecular complexity index is 992. The number of fused-ring (bicyclic) bond motifs is 1. The minimum atomic E-state index is -0.428. The van der Waals surface area contributed by atoms with Gasteiger partial charge in [-0.1, -0.05) is 41.9 Å². The van der Waals surface area contributed by atoms with Gasteiger partial charge in [0.2, 0.25) is 0 Å². The Morgan fingerprint density at radius 3 is 2.85 bits per heavy atom. The van der Waals surface area contributed by atoms with Crippen molar-refractivity contribution >= 4 is 50.4 Å². The summed E-state index contributed by atoms with van der Waals surface area (Å²) < 4.78 is 6.06. The summed E-state index contributed by atoms with van der Waals surface area (Å²) in [6.45, 7) is -0.209. The second-order valence-electron chi connectivity index (χ2n) is 5.38. The third kappa shape index (κ3) is 4.33. The summed E-state index contributed by atoms with van der Waals surface area (Å²) in [6, 6.07) is 16.0. The highest BCUT2D eigenvalue weighted by Crippen LogP contribution is 2.28. The molecule has 5 nitrogen and oxygen atoms in total. The molecule has 0 unspecified atom stereocenters. The maximum atomic E-state index is 11.9. The summed E-state index contributed by atoms with van der Waals surface area (Å²) in [5, 5.41) is 16.3. The second-order valence-corrected chi connectivity index (χ2v) is 6.67. The van der Waals surface area contributed by atoms with Gasteiger partial charge in [0.25, 0.3) is 5.91 Å². The van der Waals surface area contributed by atoms with Gasteiger partial charge >= 0.3 is 0 Å². The molecule has 3 aromatic rings. The molecule has 0 atom stereocenters. The summed E-state index contributed by atoms with van der Waals surface area (Å²) in [4.78, 5) is 11.9. The average Bonchev–Trinajstić information content (AvgIpc) is 2.63. The van der Waals surface area contributed by atoms with Gasteiger partial charge in [-0.3, -0.25) is 4.79 Å². The number of halogens is 2. The smallest absolute Gasteiger partial charge is 0.277 e. The van der Waals surface area contributed by atoms with E-state index in [4.69, 9.17) is 16.3 Å². The number of hydrogen-bond donors (Lipinski definition) is 2. The Morgan fingerprint density at radius 1 is 1.23 bits per heavy atom. The summed E-state index contributed by atoms with van der Waals surface area (Å²) in [6.07, 6.45) is 1.41. The Balaban J connectivity index is 1.64. The van der Waals surface area contributed by atoms with Gasteiger partial charge in [0.1, 0.15) is 11.5 Å². The van der Waals surface area contributed by atoms with Gasteiger partial charge in [-0.05, 0) is 51.0 Å². The zero-order valence-electron chi connectivity index (χ0n) is 13.4. The third-order valence-corrected chi connectivity index (χ3v) is 4.44. The van der Waals surface area contributed by atoms with Gasteiger partial charge in [0.05, 0.1) is 10.7 Å². The van der Waals surface area contributed by atoms with Crippen LogP contribution in [0.5, 0.6) is 11.5 Å². The van der Waals surface area contributed by atoms with Crippen LogP contribution in [0.15, 0.2) is 64.2 Å². The lowest BCUT2D eigenvalue weighted by Gasteiger charge is -2.07. The number of carbonyl (C=O) groups excluding carboxylic acids is 1. The SMILES string of the molecule is O=C(COc1ccc(Cl)cc1Br)N/N=C/c1c(O)ccc2ccccc12. The van der Waals surface area contributed by atoms with Crippen LogP contribution >= 0.6 is 27.5 Å². The molecule has 2 N–H and O–H groups in total. The van der Waals surface area contributed by atoms with Crippen molar-refractivity contribution in [3.63, 3.8) is 0 Å². The Kier molecular flexibility index (Phi) is 5.75. The minimum Gasteiger partial charge on any atom is -0.507 e. The molecule has 0 aliphatic carbocycles. The Morgan fingerprint density at radius 2 is 2.04 bits per heavy atom. The third-order valence-electron chi connectivity index (χ3n) is 3.58. The fourth-order valence-corrected chi connectivity index (χ4v) is 3.15. The molecule has 0 aliphatic heterocycles. The molecule has 0 aromatic heterocycles. The molecule has 26 heavy (non-hydrogen) atoms. The molecule has 0 heterocycles. The van der Waals surface area contributed by atoms with E-state index in [0.717, 1.165) is 10.8 Å². The van der Waals surface area contributed by atoms with Crippen molar-refractivity contribution in [2.24, 2.45) is 5.10 Å². The van der Waals surface area contributed by atoms with E-state index in [0.29, 0.717) is 20.8 Å². The number of hydrazone groups is 1. The molecule has 0 radical (unpaired) electrons. The van der Waals surface area contributed by atoms with Crippen LogP contribution in [-0.2, 0) is 4.79 Å². The molecule has 7 heteroatoms. The first-order valence-corrected chi connectivity index (χ1v) is 8.82. The van der Waals surface area contributed by atoms with Gasteiger partial charge < -0.3 is 9.84 Å². The Hall–Kier alpha value is -2.57. The van der Waals surface area contributed by atoms with Crippen LogP contribution in [0.4, 0.5) is 0 Å². The van der Waals surface area contributed by atoms with Crippen molar-refractivity contribution in [1.29, 1.82) is 0 Å². The molecule has 0 bridgehead atoms. The fourth-order valence-electron chi connectivity index (χ4n) is 2.36. The molecule has 1 amide bonds. The van der Waals surface area contributed by atoms with E-state index in [1.54, 1.807) is 24.3 Å². The van der Waals surface area contributed by atoms with Crippen LogP contribution in [0.2, 0.25) is 5.02 Å². The highest BCUT2D eigenvalue weighted by molar-refractivity contribution is 9.10. The van der Waals surface area contributed by atoms with E-state index in [1.807, 2.05) is 30.3 Å². The van der Waals surface area contributed by atoms with Crippen LogP contribution in [0, 0.1) is 0 Å². The second kappa shape index (κ2) is 8.21. The number of carbonyl (C=O) groups is 1. The number of ether oxygens (including phenoxy) is 1. The first kappa shape index (κ1) is 18.2. The Labute approximate surface area is 163 Å². The monoisotopic (exact) mass is 432 g/mol. The van der Waals surface area contributed by atoms with E-state index in [1.165, 1.54) is 6.21 Å². The normalized spacial score (nSPS) is 11.0. The summed E-state index contributed by atoms with van der Waals surface area (Å²) in [7, 11) is 0. The average molecular weight is 434 g/mol. The van der Waals surface area contributed by atoms with Crippen LogP contribution in [0.25, 0.3) is 10.8 Å². The van der Waals surface area contributed by atoms with Crippen LogP contribution in [-0.4, -0.2) is 23.8 Å². The largest absolute Gasteiger partial charge is 0.507 e. The van der Waals surface area contributed by atoms with Gasteiger partial charge in [-0.2, -0.15) is 5.10 Å². The van der Waals surface area contributed by atoms with Gasteiger partial charge in [0, 0.05) is 10.6 Å². The maximum Gasteiger partial charge on any atom is 0.277 e. The molecule has 0 fully saturated rings. The number of rotatable bonds is 5. The van der Waals surface area contributed by atoms with Crippen molar-refractivity contribution in [3.8, 4) is 11.5 Å². The number of aromatic hydroxyl groups is 1. The van der Waals surface area contributed by atoms with E-state index in [-0.39, 0.29) is 12.4 Å². The quantitative estimate of drug-likeness (QED) is 0.460. The highest BCUT2D eigenvalue weighted by atomic mass is 79.9. The highest BCUT2D eigenvalue weighted by Gasteiger charge is 2.07. The first-order valence-electron chi connectivity index (χ1n) is 7.65. The summed E-state index contributed by atoms with van der Waals surface area (Å²) >= 11 is 9.17. The maximum absolute atomic E-state index is 11.9. The molecule has 3 aromatic carbocycles. The number of amides is 1. The number of nitrogens with zero attached hydrogens (tertiary/aromatic N) is 1. The zero-order valence-corrected chi connectivity index (χ0v) is 15.8. The van der Waals surface area contributed by atoms with Gasteiger partial charge in [-0.25, -0.2) is 5.43 Å². The van der Waals surface area contributed by atoms with Gasteiger partial charge in [-0.15, -0.1) is 0 Å². The topological polar surface area (TPSA) is 70.9 Å². The predicted molar refractivity (Wildman–Crippen MR) is 106 cm³/mol. The zero-order chi connectivity index (χ0) is 18.5. The molecule has 0 aliphatic rings. The van der Waals surface area contributed by atoms with E-state index in [2.05, 4.69) is 26.5 Å². The molecule has 3 rings (SSSR count). The minimum absolute atomic E-state index is 0.0862. The van der Waals surface area contributed by atoms with E-state index < -0.39 is 5.91 Å². The summed E-state index contributed by atoms with van der Waals surface area (Å²) in [5.41, 5.74) is 2.91. The van der Waals surface area contributed by atoms with Crippen molar-refractivity contribution in [2.75, 3.05) is 6.61 Å². The van der Waals surface area contributed by atoms with Gasteiger partial charge in [0.15, 0.2) is 6.61 Å². The predicted octanol–water partition coefficient (Wildman–Crippen LogP) is 4.49. The first-order chi connectivity index (χ1) is 12.5. The van der Waals surface area contributed by atoms with Crippen LogP contribution in [0.1, 0.15) is 5.56 Å². The van der Waals surface area contributed by atoms with Crippen molar-refractivity contribution < 1.29 is 14.6 Å². The number of nitrogens with one attached hydrogen (secondary N) is 1. The lowest BCUT2D eigenvalue weighted by atomic mass is 10.0. The lowest BCUT2D eigenvalue weighted by Crippen LogP contribution is -2.24.